The Kier molecular flexibility index (Phi) is 3.58. The van der Waals surface area contributed by atoms with Crippen molar-refractivity contribution in [2.24, 2.45) is 0 Å². The van der Waals surface area contributed by atoms with Crippen molar-refractivity contribution in [1.29, 1.82) is 0 Å². The zero-order valence-electron chi connectivity index (χ0n) is 14.2. The Hall–Kier alpha value is -2.64. The third kappa shape index (κ3) is 2.51. The van der Waals surface area contributed by atoms with E-state index >= 15 is 0 Å². The molecule has 1 spiro atoms. The minimum atomic E-state index is -0.478. The maximum absolute atomic E-state index is 12.9. The molecule has 3 aromatic rings. The third-order valence-electron chi connectivity index (χ3n) is 5.24. The minimum Gasteiger partial charge on any atom is -0.472 e. The number of rotatable bonds is 2. The first kappa shape index (κ1) is 15.6. The molecule has 0 bridgehead atoms. The van der Waals surface area contributed by atoms with Crippen LogP contribution in [-0.4, -0.2) is 52.9 Å². The van der Waals surface area contributed by atoms with E-state index in [2.05, 4.69) is 9.97 Å². The van der Waals surface area contributed by atoms with Gasteiger partial charge in [-0.15, -0.1) is 0 Å². The highest BCUT2D eigenvalue weighted by molar-refractivity contribution is 6.01. The molecule has 2 fully saturated rings. The van der Waals surface area contributed by atoms with Gasteiger partial charge in [0.15, 0.2) is 5.79 Å². The normalized spacial score (nSPS) is 19.5. The number of piperidine rings is 1. The molecule has 0 aromatic carbocycles. The van der Waals surface area contributed by atoms with Crippen LogP contribution in [0.4, 0.5) is 0 Å². The number of amides is 1. The van der Waals surface area contributed by atoms with Crippen molar-refractivity contribution in [3.8, 4) is 11.1 Å². The van der Waals surface area contributed by atoms with Gasteiger partial charge in [0.25, 0.3) is 5.91 Å². The van der Waals surface area contributed by atoms with E-state index in [0.29, 0.717) is 44.7 Å². The van der Waals surface area contributed by atoms with Crippen molar-refractivity contribution in [2.45, 2.75) is 18.6 Å². The van der Waals surface area contributed by atoms with Gasteiger partial charge < -0.3 is 23.8 Å². The Balaban J connectivity index is 1.40. The van der Waals surface area contributed by atoms with Gasteiger partial charge in [-0.05, 0) is 12.1 Å². The van der Waals surface area contributed by atoms with E-state index in [1.54, 1.807) is 18.7 Å². The van der Waals surface area contributed by atoms with Gasteiger partial charge in [0.05, 0.1) is 31.3 Å². The van der Waals surface area contributed by atoms with Gasteiger partial charge in [-0.25, -0.2) is 4.98 Å². The van der Waals surface area contributed by atoms with Gasteiger partial charge in [0, 0.05) is 54.8 Å². The van der Waals surface area contributed by atoms with Crippen LogP contribution in [0, 0.1) is 0 Å². The zero-order chi connectivity index (χ0) is 17.6. The fourth-order valence-corrected chi connectivity index (χ4v) is 3.80. The van der Waals surface area contributed by atoms with Gasteiger partial charge in [-0.2, -0.15) is 0 Å². The van der Waals surface area contributed by atoms with Gasteiger partial charge in [-0.3, -0.25) is 4.79 Å². The molecule has 5 rings (SSSR count). The van der Waals surface area contributed by atoms with E-state index in [9.17, 15) is 4.79 Å². The molecule has 3 aromatic heterocycles. The van der Waals surface area contributed by atoms with Crippen molar-refractivity contribution in [3.05, 3.63) is 42.6 Å². The Morgan fingerprint density at radius 2 is 2.04 bits per heavy atom. The lowest BCUT2D eigenvalue weighted by molar-refractivity contribution is -0.181. The van der Waals surface area contributed by atoms with Crippen LogP contribution in [-0.2, 0) is 9.47 Å². The zero-order valence-corrected chi connectivity index (χ0v) is 14.2. The SMILES string of the molecule is O=C(c1cnc2[nH]cc(-c3ccoc3)c2c1)N1CCC2(CC1)OCCO2. The number of pyridine rings is 1. The molecule has 26 heavy (non-hydrogen) atoms. The summed E-state index contributed by atoms with van der Waals surface area (Å²) in [6, 6.07) is 3.79. The number of carbonyl (C=O) groups is 1. The standard InChI is InChI=1S/C19H19N3O4/c23-18(22-4-2-19(3-5-22)25-7-8-26-19)14-9-15-16(13-1-6-24-12-13)11-21-17(15)20-10-14/h1,6,9-12H,2-5,7-8H2,(H,20,21). The van der Waals surface area contributed by atoms with Crippen LogP contribution >= 0.6 is 0 Å². The monoisotopic (exact) mass is 353 g/mol. The number of fused-ring (bicyclic) bond motifs is 1. The Morgan fingerprint density at radius 3 is 2.77 bits per heavy atom. The number of hydrogen-bond acceptors (Lipinski definition) is 5. The number of nitrogens with zero attached hydrogens (tertiary/aromatic N) is 2. The van der Waals surface area contributed by atoms with Crippen LogP contribution in [0.15, 0.2) is 41.5 Å². The number of aromatic amines is 1. The molecule has 2 aliphatic rings. The summed E-state index contributed by atoms with van der Waals surface area (Å²) in [7, 11) is 0. The van der Waals surface area contributed by atoms with Crippen molar-refractivity contribution in [3.63, 3.8) is 0 Å². The molecule has 0 aliphatic carbocycles. The summed E-state index contributed by atoms with van der Waals surface area (Å²) in [5.41, 5.74) is 3.27. The molecule has 2 saturated heterocycles. The van der Waals surface area contributed by atoms with E-state index in [1.165, 1.54) is 0 Å². The van der Waals surface area contributed by atoms with Crippen LogP contribution in [0.1, 0.15) is 23.2 Å². The second-order valence-electron chi connectivity index (χ2n) is 6.73. The largest absolute Gasteiger partial charge is 0.472 e. The highest BCUT2D eigenvalue weighted by Gasteiger charge is 2.40. The van der Waals surface area contributed by atoms with Gasteiger partial charge >= 0.3 is 0 Å². The summed E-state index contributed by atoms with van der Waals surface area (Å²) < 4.78 is 16.6. The number of furan rings is 1. The van der Waals surface area contributed by atoms with Gasteiger partial charge in [0.2, 0.25) is 0 Å². The smallest absolute Gasteiger partial charge is 0.255 e. The molecule has 134 valence electrons. The molecule has 0 radical (unpaired) electrons. The second kappa shape index (κ2) is 5.96. The van der Waals surface area contributed by atoms with Crippen molar-refractivity contribution < 1.29 is 18.7 Å². The quantitative estimate of drug-likeness (QED) is 0.766. The van der Waals surface area contributed by atoms with Crippen LogP contribution in [0.5, 0.6) is 0 Å². The first-order valence-corrected chi connectivity index (χ1v) is 8.81. The number of H-pyrrole nitrogens is 1. The molecular weight excluding hydrogens is 334 g/mol. The van der Waals surface area contributed by atoms with Crippen LogP contribution in [0.2, 0.25) is 0 Å². The highest BCUT2D eigenvalue weighted by Crippen LogP contribution is 2.32. The molecule has 7 heteroatoms. The predicted molar refractivity (Wildman–Crippen MR) is 93.6 cm³/mol. The summed E-state index contributed by atoms with van der Waals surface area (Å²) in [5.74, 6) is -0.486. The highest BCUT2D eigenvalue weighted by atomic mass is 16.7. The van der Waals surface area contributed by atoms with Gasteiger partial charge in [0.1, 0.15) is 5.65 Å². The van der Waals surface area contributed by atoms with E-state index in [4.69, 9.17) is 13.9 Å². The molecule has 0 atom stereocenters. The molecule has 5 heterocycles. The lowest BCUT2D eigenvalue weighted by Gasteiger charge is -2.37. The average Bonchev–Trinajstić information content (AvgIpc) is 3.42. The number of aromatic nitrogens is 2. The van der Waals surface area contributed by atoms with Crippen LogP contribution in [0.3, 0.4) is 0 Å². The van der Waals surface area contributed by atoms with Crippen molar-refractivity contribution in [2.75, 3.05) is 26.3 Å². The van der Waals surface area contributed by atoms with Crippen molar-refractivity contribution in [1.82, 2.24) is 14.9 Å². The molecule has 1 N–H and O–H groups in total. The van der Waals surface area contributed by atoms with E-state index in [1.807, 2.05) is 23.2 Å². The Labute approximate surface area is 149 Å². The first-order chi connectivity index (χ1) is 12.7. The summed E-state index contributed by atoms with van der Waals surface area (Å²) in [6.45, 7) is 2.52. The lowest BCUT2D eigenvalue weighted by atomic mass is 10.0. The number of likely N-dealkylation sites (tertiary alicyclic amines) is 1. The molecular formula is C19H19N3O4. The van der Waals surface area contributed by atoms with Gasteiger partial charge in [-0.1, -0.05) is 0 Å². The van der Waals surface area contributed by atoms with Crippen LogP contribution in [0.25, 0.3) is 22.2 Å². The first-order valence-electron chi connectivity index (χ1n) is 8.81. The van der Waals surface area contributed by atoms with Crippen LogP contribution < -0.4 is 0 Å². The van der Waals surface area contributed by atoms with Crippen molar-refractivity contribution >= 4 is 16.9 Å². The van der Waals surface area contributed by atoms with E-state index in [-0.39, 0.29) is 5.91 Å². The second-order valence-corrected chi connectivity index (χ2v) is 6.73. The maximum atomic E-state index is 12.9. The molecule has 0 saturated carbocycles. The molecule has 1 amide bonds. The Bertz CT molecular complexity index is 931. The molecule has 7 nitrogen and oxygen atoms in total. The summed E-state index contributed by atoms with van der Waals surface area (Å²) in [5, 5.41) is 0.910. The maximum Gasteiger partial charge on any atom is 0.255 e. The Morgan fingerprint density at radius 1 is 1.23 bits per heavy atom. The number of hydrogen-bond donors (Lipinski definition) is 1. The summed E-state index contributed by atoms with van der Waals surface area (Å²) in [6.07, 6.45) is 8.25. The average molecular weight is 353 g/mol. The van der Waals surface area contributed by atoms with E-state index < -0.39 is 5.79 Å². The lowest BCUT2D eigenvalue weighted by Crippen LogP contribution is -2.47. The molecule has 0 unspecified atom stereocenters. The molecule has 2 aliphatic heterocycles. The fraction of sp³-hybridized carbons (Fsp3) is 0.368. The summed E-state index contributed by atoms with van der Waals surface area (Å²) in [4.78, 5) is 22.4. The topological polar surface area (TPSA) is 80.6 Å². The fourth-order valence-electron chi connectivity index (χ4n) is 3.80. The number of carbonyl (C=O) groups excluding carboxylic acids is 1. The number of nitrogens with one attached hydrogen (secondary N) is 1. The minimum absolute atomic E-state index is 0.00779. The third-order valence-corrected chi connectivity index (χ3v) is 5.24. The predicted octanol–water partition coefficient (Wildman–Crippen LogP) is 2.80. The van der Waals surface area contributed by atoms with E-state index in [0.717, 1.165) is 22.2 Å². The number of ether oxygens (including phenoxy) is 2. The summed E-state index contributed by atoms with van der Waals surface area (Å²) >= 11 is 0.